The third-order valence-electron chi connectivity index (χ3n) is 4.05. The molecule has 0 aliphatic heterocycles. The molecule has 0 aliphatic rings. The van der Waals surface area contributed by atoms with E-state index in [9.17, 15) is 4.79 Å². The van der Waals surface area contributed by atoms with Crippen LogP contribution in [0.5, 0.6) is 5.75 Å². The van der Waals surface area contributed by atoms with Gasteiger partial charge in [-0.25, -0.2) is 0 Å². The van der Waals surface area contributed by atoms with E-state index in [0.29, 0.717) is 13.0 Å². The second-order valence-electron chi connectivity index (χ2n) is 6.21. The van der Waals surface area contributed by atoms with Crippen molar-refractivity contribution in [3.05, 3.63) is 29.8 Å². The van der Waals surface area contributed by atoms with Gasteiger partial charge in [-0.2, -0.15) is 0 Å². The fourth-order valence-electron chi connectivity index (χ4n) is 2.61. The van der Waals surface area contributed by atoms with E-state index in [-0.39, 0.29) is 6.42 Å². The minimum absolute atomic E-state index is 0.223. The van der Waals surface area contributed by atoms with Crippen molar-refractivity contribution in [1.29, 1.82) is 0 Å². The van der Waals surface area contributed by atoms with Crippen LogP contribution in [0.4, 0.5) is 0 Å². The maximum atomic E-state index is 10.4. The van der Waals surface area contributed by atoms with Crippen molar-refractivity contribution in [2.75, 3.05) is 6.61 Å². The molecule has 0 aliphatic carbocycles. The number of unbranched alkanes of at least 4 members (excludes halogenated alkanes) is 7. The molecular weight excluding hydrogens is 288 g/mol. The molecule has 0 atom stereocenters. The van der Waals surface area contributed by atoms with Crippen LogP contribution in [-0.4, -0.2) is 17.7 Å². The number of hydrogen-bond acceptors (Lipinski definition) is 2. The van der Waals surface area contributed by atoms with E-state index in [1.165, 1.54) is 50.5 Å². The fraction of sp³-hybridized carbons (Fsp3) is 0.650. The van der Waals surface area contributed by atoms with Crippen LogP contribution in [0, 0.1) is 0 Å². The Morgan fingerprint density at radius 3 is 2.22 bits per heavy atom. The Bertz CT molecular complexity index is 411. The largest absolute Gasteiger partial charge is 0.494 e. The van der Waals surface area contributed by atoms with Crippen LogP contribution >= 0.6 is 0 Å². The monoisotopic (exact) mass is 320 g/mol. The molecule has 0 fully saturated rings. The molecule has 0 radical (unpaired) electrons. The topological polar surface area (TPSA) is 46.5 Å². The van der Waals surface area contributed by atoms with E-state index >= 15 is 0 Å². The van der Waals surface area contributed by atoms with E-state index in [2.05, 4.69) is 19.1 Å². The smallest absolute Gasteiger partial charge is 0.303 e. The highest BCUT2D eigenvalue weighted by molar-refractivity contribution is 5.66. The Morgan fingerprint density at radius 1 is 0.913 bits per heavy atom. The summed E-state index contributed by atoms with van der Waals surface area (Å²) in [4.78, 5) is 10.4. The molecule has 1 rings (SSSR count). The number of hydrogen-bond donors (Lipinski definition) is 1. The molecule has 3 nitrogen and oxygen atoms in total. The quantitative estimate of drug-likeness (QED) is 0.453. The summed E-state index contributed by atoms with van der Waals surface area (Å²) in [7, 11) is 0. The van der Waals surface area contributed by atoms with Gasteiger partial charge in [-0.15, -0.1) is 0 Å². The van der Waals surface area contributed by atoms with Gasteiger partial charge in [0, 0.05) is 6.42 Å². The maximum Gasteiger partial charge on any atom is 0.303 e. The Morgan fingerprint density at radius 2 is 1.57 bits per heavy atom. The lowest BCUT2D eigenvalue weighted by atomic mass is 10.0. The molecule has 0 spiro atoms. The minimum Gasteiger partial charge on any atom is -0.494 e. The lowest BCUT2D eigenvalue weighted by Gasteiger charge is -2.07. The van der Waals surface area contributed by atoms with Crippen LogP contribution in [0.25, 0.3) is 0 Å². The lowest BCUT2D eigenvalue weighted by Crippen LogP contribution is -2.00. The van der Waals surface area contributed by atoms with Crippen molar-refractivity contribution < 1.29 is 14.6 Å². The molecular formula is C20H32O3. The Labute approximate surface area is 141 Å². The number of carboxylic acid groups (broad SMARTS) is 1. The van der Waals surface area contributed by atoms with Gasteiger partial charge < -0.3 is 9.84 Å². The highest BCUT2D eigenvalue weighted by Gasteiger charge is 1.99. The van der Waals surface area contributed by atoms with Crippen LogP contribution in [0.15, 0.2) is 24.3 Å². The van der Waals surface area contributed by atoms with Crippen molar-refractivity contribution in [1.82, 2.24) is 0 Å². The van der Waals surface area contributed by atoms with E-state index < -0.39 is 5.97 Å². The summed E-state index contributed by atoms with van der Waals surface area (Å²) < 4.78 is 5.63. The normalized spacial score (nSPS) is 10.7. The molecule has 0 amide bonds. The first kappa shape index (κ1) is 19.5. The molecule has 0 aromatic heterocycles. The van der Waals surface area contributed by atoms with Crippen molar-refractivity contribution in [2.45, 2.75) is 77.6 Å². The Hall–Kier alpha value is -1.51. The summed E-state index contributed by atoms with van der Waals surface area (Å²) in [5.41, 5.74) is 1.37. The van der Waals surface area contributed by atoms with Gasteiger partial charge >= 0.3 is 5.97 Å². The summed E-state index contributed by atoms with van der Waals surface area (Å²) in [5.74, 6) is 0.142. The Kier molecular flexibility index (Phi) is 11.0. The van der Waals surface area contributed by atoms with E-state index in [0.717, 1.165) is 18.6 Å². The highest BCUT2D eigenvalue weighted by Crippen LogP contribution is 2.15. The lowest BCUT2D eigenvalue weighted by molar-refractivity contribution is -0.137. The first-order chi connectivity index (χ1) is 11.2. The van der Waals surface area contributed by atoms with Gasteiger partial charge in [0.25, 0.3) is 0 Å². The molecule has 3 heteroatoms. The third-order valence-corrected chi connectivity index (χ3v) is 4.05. The zero-order chi connectivity index (χ0) is 16.8. The molecule has 0 saturated heterocycles. The van der Waals surface area contributed by atoms with E-state index in [1.54, 1.807) is 0 Å². The number of aryl methyl sites for hydroxylation is 1. The summed E-state index contributed by atoms with van der Waals surface area (Å²) in [6.07, 6.45) is 12.2. The van der Waals surface area contributed by atoms with Gasteiger partial charge in [0.2, 0.25) is 0 Å². The number of rotatable bonds is 14. The fourth-order valence-corrected chi connectivity index (χ4v) is 2.61. The maximum absolute atomic E-state index is 10.4. The average molecular weight is 320 g/mol. The second kappa shape index (κ2) is 13.0. The molecule has 1 aromatic rings. The van der Waals surface area contributed by atoms with Crippen molar-refractivity contribution >= 4 is 5.97 Å². The van der Waals surface area contributed by atoms with Crippen LogP contribution < -0.4 is 4.74 Å². The van der Waals surface area contributed by atoms with Gasteiger partial charge in [-0.3, -0.25) is 4.79 Å². The molecule has 130 valence electrons. The summed E-state index contributed by atoms with van der Waals surface area (Å²) in [6.45, 7) is 2.84. The average Bonchev–Trinajstić information content (AvgIpc) is 2.55. The van der Waals surface area contributed by atoms with Crippen LogP contribution in [-0.2, 0) is 11.2 Å². The van der Waals surface area contributed by atoms with Gasteiger partial charge in [-0.1, -0.05) is 57.6 Å². The molecule has 0 heterocycles. The number of carbonyl (C=O) groups is 1. The number of aliphatic carboxylic acids is 1. The summed E-state index contributed by atoms with van der Waals surface area (Å²) >= 11 is 0. The van der Waals surface area contributed by atoms with Crippen LogP contribution in [0.1, 0.15) is 76.7 Å². The van der Waals surface area contributed by atoms with Gasteiger partial charge in [-0.05, 0) is 43.4 Å². The number of benzene rings is 1. The summed E-state index contributed by atoms with van der Waals surface area (Å²) in [5, 5.41) is 8.56. The highest BCUT2D eigenvalue weighted by atomic mass is 16.5. The first-order valence-electron chi connectivity index (χ1n) is 9.16. The third kappa shape index (κ3) is 10.8. The van der Waals surface area contributed by atoms with Gasteiger partial charge in [0.15, 0.2) is 0 Å². The van der Waals surface area contributed by atoms with Crippen molar-refractivity contribution in [3.63, 3.8) is 0 Å². The Balaban J connectivity index is 2.07. The molecule has 0 unspecified atom stereocenters. The predicted octanol–water partition coefficient (Wildman–Crippen LogP) is 5.61. The SMILES string of the molecule is CCCCCCCCCc1ccc(OCCCCC(=O)O)cc1. The minimum atomic E-state index is -0.736. The predicted molar refractivity (Wildman–Crippen MR) is 95.1 cm³/mol. The molecule has 23 heavy (non-hydrogen) atoms. The molecule has 0 bridgehead atoms. The zero-order valence-corrected chi connectivity index (χ0v) is 14.6. The standard InChI is InChI=1S/C20H32O3/c1-2-3-4-5-6-7-8-11-18-13-15-19(16-14-18)23-17-10-9-12-20(21)22/h13-16H,2-12,17H2,1H3,(H,21,22). The van der Waals surface area contributed by atoms with Gasteiger partial charge in [0.1, 0.15) is 5.75 Å². The van der Waals surface area contributed by atoms with Crippen LogP contribution in [0.3, 0.4) is 0 Å². The van der Waals surface area contributed by atoms with Gasteiger partial charge in [0.05, 0.1) is 6.61 Å². The van der Waals surface area contributed by atoms with Crippen molar-refractivity contribution in [2.24, 2.45) is 0 Å². The van der Waals surface area contributed by atoms with E-state index in [1.807, 2.05) is 12.1 Å². The zero-order valence-electron chi connectivity index (χ0n) is 14.6. The molecule has 0 saturated carbocycles. The van der Waals surface area contributed by atoms with E-state index in [4.69, 9.17) is 9.84 Å². The number of carboxylic acids is 1. The van der Waals surface area contributed by atoms with Crippen molar-refractivity contribution in [3.8, 4) is 5.75 Å². The van der Waals surface area contributed by atoms with Crippen LogP contribution in [0.2, 0.25) is 0 Å². The first-order valence-corrected chi connectivity index (χ1v) is 9.16. The molecule has 1 N–H and O–H groups in total. The summed E-state index contributed by atoms with van der Waals surface area (Å²) in [6, 6.07) is 8.33. The molecule has 1 aromatic carbocycles. The second-order valence-corrected chi connectivity index (χ2v) is 6.21. The number of ether oxygens (including phenoxy) is 1.